The van der Waals surface area contributed by atoms with Gasteiger partial charge in [-0.05, 0) is 50.1 Å². The number of likely N-dealkylation sites (tertiary alicyclic amines) is 1. The largest absolute Gasteiger partial charge is 0.486 e. The maximum atomic E-state index is 12.8. The number of fused-ring (bicyclic) bond motifs is 1. The second-order valence-corrected chi connectivity index (χ2v) is 7.97. The van der Waals surface area contributed by atoms with Crippen molar-refractivity contribution in [2.75, 3.05) is 13.1 Å². The van der Waals surface area contributed by atoms with Crippen LogP contribution in [-0.4, -0.2) is 35.3 Å². The summed E-state index contributed by atoms with van der Waals surface area (Å²) in [6.45, 7) is 6.66. The second-order valence-electron chi connectivity index (χ2n) is 7.59. The fraction of sp³-hybridized carbons (Fsp3) is 0.429. The minimum absolute atomic E-state index is 0.0667. The topological polar surface area (TPSA) is 59.8 Å². The van der Waals surface area contributed by atoms with Gasteiger partial charge in [-0.15, -0.1) is 0 Å². The van der Waals surface area contributed by atoms with Crippen molar-refractivity contribution >= 4 is 23.3 Å². The lowest BCUT2D eigenvalue weighted by atomic mass is 9.81. The maximum Gasteiger partial charge on any atom is 0.289 e. The van der Waals surface area contributed by atoms with Crippen molar-refractivity contribution in [1.29, 1.82) is 0 Å². The fourth-order valence-corrected chi connectivity index (χ4v) is 4.25. The van der Waals surface area contributed by atoms with E-state index in [0.29, 0.717) is 60.2 Å². The van der Waals surface area contributed by atoms with E-state index in [1.54, 1.807) is 17.0 Å². The molecule has 0 atom stereocenters. The van der Waals surface area contributed by atoms with Crippen LogP contribution in [-0.2, 0) is 0 Å². The normalized spacial score (nSPS) is 18.4. The Morgan fingerprint density at radius 2 is 1.89 bits per heavy atom. The maximum absolute atomic E-state index is 12.8. The number of amides is 1. The van der Waals surface area contributed by atoms with Crippen molar-refractivity contribution in [3.8, 4) is 5.75 Å². The van der Waals surface area contributed by atoms with Gasteiger partial charge in [-0.3, -0.25) is 9.59 Å². The number of hydrogen-bond acceptors (Lipinski definition) is 4. The van der Waals surface area contributed by atoms with E-state index in [-0.39, 0.29) is 11.7 Å². The molecule has 1 amide bonds. The summed E-state index contributed by atoms with van der Waals surface area (Å²) in [7, 11) is 0. The van der Waals surface area contributed by atoms with Gasteiger partial charge in [0.05, 0.1) is 12.0 Å². The molecule has 5 nitrogen and oxygen atoms in total. The first-order valence-electron chi connectivity index (χ1n) is 9.17. The molecule has 0 unspecified atom stereocenters. The lowest BCUT2D eigenvalue weighted by Gasteiger charge is -2.44. The van der Waals surface area contributed by atoms with Crippen LogP contribution in [0.25, 0.3) is 0 Å². The molecule has 3 heterocycles. The van der Waals surface area contributed by atoms with Crippen molar-refractivity contribution in [2.24, 2.45) is 0 Å². The number of rotatable bonds is 1. The quantitative estimate of drug-likeness (QED) is 0.722. The van der Waals surface area contributed by atoms with E-state index in [0.717, 1.165) is 11.1 Å². The Hall–Kier alpha value is -2.27. The van der Waals surface area contributed by atoms with E-state index >= 15 is 0 Å². The van der Waals surface area contributed by atoms with Crippen molar-refractivity contribution in [2.45, 2.75) is 45.6 Å². The zero-order chi connectivity index (χ0) is 19.3. The van der Waals surface area contributed by atoms with Gasteiger partial charge in [0, 0.05) is 31.0 Å². The highest BCUT2D eigenvalue weighted by Crippen LogP contribution is 2.43. The lowest BCUT2D eigenvalue weighted by molar-refractivity contribution is -0.00654. The van der Waals surface area contributed by atoms with Gasteiger partial charge in [0.15, 0.2) is 11.5 Å². The molecule has 0 N–H and O–H groups in total. The smallest absolute Gasteiger partial charge is 0.289 e. The van der Waals surface area contributed by atoms with Crippen LogP contribution in [0.15, 0.2) is 22.6 Å². The van der Waals surface area contributed by atoms with E-state index in [1.807, 2.05) is 26.8 Å². The van der Waals surface area contributed by atoms with Crippen LogP contribution in [0.2, 0.25) is 5.02 Å². The number of carbonyl (C=O) groups excluding carboxylic acids is 2. The number of carbonyl (C=O) groups is 2. The van der Waals surface area contributed by atoms with Crippen molar-refractivity contribution in [3.63, 3.8) is 0 Å². The Morgan fingerprint density at radius 3 is 2.52 bits per heavy atom. The number of ketones is 1. The highest BCUT2D eigenvalue weighted by molar-refractivity contribution is 6.32. The van der Waals surface area contributed by atoms with Crippen LogP contribution < -0.4 is 4.74 Å². The highest BCUT2D eigenvalue weighted by atomic mass is 35.5. The molecule has 4 rings (SSSR count). The van der Waals surface area contributed by atoms with Crippen LogP contribution in [0.5, 0.6) is 5.75 Å². The van der Waals surface area contributed by atoms with Crippen molar-refractivity contribution in [3.05, 3.63) is 51.4 Å². The lowest BCUT2D eigenvalue weighted by Crippen LogP contribution is -2.52. The van der Waals surface area contributed by atoms with Crippen molar-refractivity contribution in [1.82, 2.24) is 4.90 Å². The molecule has 27 heavy (non-hydrogen) atoms. The summed E-state index contributed by atoms with van der Waals surface area (Å²) in [5.41, 5.74) is 1.74. The number of furan rings is 1. The minimum atomic E-state index is -0.549. The minimum Gasteiger partial charge on any atom is -0.486 e. The van der Waals surface area contributed by atoms with Gasteiger partial charge in [0.25, 0.3) is 5.91 Å². The Bertz CT molecular complexity index is 938. The molecule has 0 radical (unpaired) electrons. The molecule has 142 valence electrons. The molecular weight excluding hydrogens is 366 g/mol. The first kappa shape index (κ1) is 18.1. The Labute approximate surface area is 163 Å². The van der Waals surface area contributed by atoms with Crippen LogP contribution in [0.1, 0.15) is 57.1 Å². The predicted molar refractivity (Wildman–Crippen MR) is 102 cm³/mol. The number of ether oxygens (including phenoxy) is 1. The summed E-state index contributed by atoms with van der Waals surface area (Å²) in [6.07, 6.45) is 1.55. The predicted octanol–water partition coefficient (Wildman–Crippen LogP) is 4.50. The molecule has 1 saturated heterocycles. The van der Waals surface area contributed by atoms with Crippen LogP contribution >= 0.6 is 11.6 Å². The molecule has 1 aromatic carbocycles. The van der Waals surface area contributed by atoms with E-state index in [4.69, 9.17) is 20.8 Å². The number of Topliss-reactive ketones (excluding diaryl/α,β-unsaturated/α-hetero) is 1. The second kappa shape index (κ2) is 6.41. The molecule has 1 fully saturated rings. The molecule has 0 aliphatic carbocycles. The molecule has 2 aliphatic heterocycles. The van der Waals surface area contributed by atoms with Gasteiger partial charge in [-0.25, -0.2) is 0 Å². The molecule has 1 aromatic heterocycles. The summed E-state index contributed by atoms with van der Waals surface area (Å²) in [6, 6.07) is 5.34. The third kappa shape index (κ3) is 3.04. The monoisotopic (exact) mass is 387 g/mol. The number of piperidine rings is 1. The van der Waals surface area contributed by atoms with Gasteiger partial charge in [0.1, 0.15) is 17.1 Å². The molecule has 0 bridgehead atoms. The molecule has 2 aromatic rings. The number of aryl methyl sites for hydroxylation is 2. The van der Waals surface area contributed by atoms with Gasteiger partial charge in [-0.1, -0.05) is 11.6 Å². The van der Waals surface area contributed by atoms with Crippen molar-refractivity contribution < 1.29 is 18.7 Å². The number of nitrogens with zero attached hydrogens (tertiary/aromatic N) is 1. The van der Waals surface area contributed by atoms with Gasteiger partial charge in [-0.2, -0.15) is 0 Å². The Balaban J connectivity index is 1.54. The fourth-order valence-electron chi connectivity index (χ4n) is 4.10. The van der Waals surface area contributed by atoms with Gasteiger partial charge < -0.3 is 14.1 Å². The zero-order valence-corrected chi connectivity index (χ0v) is 16.5. The molecule has 6 heteroatoms. The van der Waals surface area contributed by atoms with E-state index in [1.165, 1.54) is 0 Å². The number of benzene rings is 1. The number of halogens is 1. The first-order chi connectivity index (χ1) is 12.8. The molecule has 2 aliphatic rings. The van der Waals surface area contributed by atoms with Gasteiger partial charge in [0.2, 0.25) is 0 Å². The van der Waals surface area contributed by atoms with Crippen LogP contribution in [0.3, 0.4) is 0 Å². The SMILES string of the molecule is Cc1ccc(C(=O)N2CCC3(CC2)CC(=O)c2c(cc(C)c(Cl)c2C)O3)o1. The summed E-state index contributed by atoms with van der Waals surface area (Å²) in [4.78, 5) is 27.2. The summed E-state index contributed by atoms with van der Waals surface area (Å²) < 4.78 is 11.8. The molecular formula is C21H22ClNO4. The third-order valence-corrected chi connectivity index (χ3v) is 6.23. The summed E-state index contributed by atoms with van der Waals surface area (Å²) in [5.74, 6) is 1.65. The standard InChI is InChI=1S/C21H22ClNO4/c1-12-10-17-18(14(3)19(12)22)15(24)11-21(27-17)6-8-23(9-7-21)20(25)16-5-4-13(2)26-16/h4-5,10H,6-9,11H2,1-3H3. The van der Waals surface area contributed by atoms with Crippen LogP contribution in [0.4, 0.5) is 0 Å². The van der Waals surface area contributed by atoms with E-state index in [2.05, 4.69) is 0 Å². The van der Waals surface area contributed by atoms with E-state index in [9.17, 15) is 9.59 Å². The zero-order valence-electron chi connectivity index (χ0n) is 15.7. The van der Waals surface area contributed by atoms with Gasteiger partial charge >= 0.3 is 0 Å². The summed E-state index contributed by atoms with van der Waals surface area (Å²) in [5, 5.41) is 0.621. The molecule has 1 spiro atoms. The van der Waals surface area contributed by atoms with Crippen LogP contribution in [0, 0.1) is 20.8 Å². The average Bonchev–Trinajstić information content (AvgIpc) is 3.06. The Morgan fingerprint density at radius 1 is 1.19 bits per heavy atom. The highest BCUT2D eigenvalue weighted by Gasteiger charge is 2.44. The summed E-state index contributed by atoms with van der Waals surface area (Å²) >= 11 is 6.31. The first-order valence-corrected chi connectivity index (χ1v) is 9.55. The average molecular weight is 388 g/mol. The Kier molecular flexibility index (Phi) is 4.30. The molecule has 0 saturated carbocycles. The number of hydrogen-bond donors (Lipinski definition) is 0. The third-order valence-electron chi connectivity index (χ3n) is 5.65. The van der Waals surface area contributed by atoms with E-state index < -0.39 is 5.60 Å².